The van der Waals surface area contributed by atoms with Crippen molar-refractivity contribution in [3.63, 3.8) is 0 Å². The summed E-state index contributed by atoms with van der Waals surface area (Å²) in [6.45, 7) is 6.78. The zero-order valence-electron chi connectivity index (χ0n) is 10.4. The van der Waals surface area contributed by atoms with Gasteiger partial charge in [-0.15, -0.1) is 0 Å². The maximum absolute atomic E-state index is 9.52. The first-order chi connectivity index (χ1) is 8.29. The molecule has 0 aliphatic carbocycles. The maximum Gasteiger partial charge on any atom is 0.0594 e. The standard InChI is InChI=1S/C14H21NO2/c1-12-2-4-13(5-3-12)14(11-16)10-15-6-8-17-9-7-15/h2-5,14,16H,6-11H2,1H3. The molecular formula is C14H21NO2. The van der Waals surface area contributed by atoms with Gasteiger partial charge in [0, 0.05) is 25.6 Å². The van der Waals surface area contributed by atoms with Crippen molar-refractivity contribution in [1.29, 1.82) is 0 Å². The smallest absolute Gasteiger partial charge is 0.0594 e. The first-order valence-electron chi connectivity index (χ1n) is 6.27. The quantitative estimate of drug-likeness (QED) is 0.856. The van der Waals surface area contributed by atoms with E-state index in [0.717, 1.165) is 32.8 Å². The van der Waals surface area contributed by atoms with Gasteiger partial charge in [0.05, 0.1) is 19.8 Å². The van der Waals surface area contributed by atoms with Crippen LogP contribution in [0.25, 0.3) is 0 Å². The third-order valence-electron chi connectivity index (χ3n) is 3.35. The number of benzene rings is 1. The van der Waals surface area contributed by atoms with E-state index in [1.54, 1.807) is 0 Å². The predicted octanol–water partition coefficient (Wildman–Crippen LogP) is 1.40. The Morgan fingerprint density at radius 2 is 1.88 bits per heavy atom. The fourth-order valence-corrected chi connectivity index (χ4v) is 2.20. The third-order valence-corrected chi connectivity index (χ3v) is 3.35. The second kappa shape index (κ2) is 6.15. The van der Waals surface area contributed by atoms with Crippen LogP contribution in [-0.4, -0.2) is 49.5 Å². The summed E-state index contributed by atoms with van der Waals surface area (Å²) in [7, 11) is 0. The molecule has 17 heavy (non-hydrogen) atoms. The van der Waals surface area contributed by atoms with E-state index >= 15 is 0 Å². The van der Waals surface area contributed by atoms with Crippen LogP contribution in [0.15, 0.2) is 24.3 Å². The Labute approximate surface area is 103 Å². The molecular weight excluding hydrogens is 214 g/mol. The summed E-state index contributed by atoms with van der Waals surface area (Å²) in [5.74, 6) is 0.216. The van der Waals surface area contributed by atoms with Crippen molar-refractivity contribution < 1.29 is 9.84 Å². The second-order valence-electron chi connectivity index (χ2n) is 4.70. The van der Waals surface area contributed by atoms with Gasteiger partial charge in [-0.05, 0) is 12.5 Å². The zero-order chi connectivity index (χ0) is 12.1. The molecule has 1 aliphatic heterocycles. The lowest BCUT2D eigenvalue weighted by Gasteiger charge is -2.30. The Balaban J connectivity index is 1.97. The molecule has 0 spiro atoms. The summed E-state index contributed by atoms with van der Waals surface area (Å²) in [5, 5.41) is 9.52. The molecule has 1 saturated heterocycles. The van der Waals surface area contributed by atoms with Crippen LogP contribution in [0, 0.1) is 6.92 Å². The molecule has 1 fully saturated rings. The number of aryl methyl sites for hydroxylation is 1. The average Bonchev–Trinajstić information content (AvgIpc) is 2.38. The Morgan fingerprint density at radius 1 is 1.24 bits per heavy atom. The molecule has 1 heterocycles. The van der Waals surface area contributed by atoms with E-state index in [0.29, 0.717) is 0 Å². The third kappa shape index (κ3) is 3.53. The number of ether oxygens (including phenoxy) is 1. The minimum Gasteiger partial charge on any atom is -0.396 e. The van der Waals surface area contributed by atoms with Crippen LogP contribution in [0.1, 0.15) is 17.0 Å². The molecule has 0 amide bonds. The molecule has 1 atom stereocenters. The number of nitrogens with zero attached hydrogens (tertiary/aromatic N) is 1. The van der Waals surface area contributed by atoms with Crippen LogP contribution >= 0.6 is 0 Å². The van der Waals surface area contributed by atoms with Gasteiger partial charge in [0.25, 0.3) is 0 Å². The highest BCUT2D eigenvalue weighted by atomic mass is 16.5. The number of hydrogen-bond acceptors (Lipinski definition) is 3. The number of hydrogen-bond donors (Lipinski definition) is 1. The highest BCUT2D eigenvalue weighted by Crippen LogP contribution is 2.18. The molecule has 2 rings (SSSR count). The van der Waals surface area contributed by atoms with Gasteiger partial charge in [-0.1, -0.05) is 29.8 Å². The Bertz CT molecular complexity index is 331. The molecule has 1 unspecified atom stereocenters. The van der Waals surface area contributed by atoms with E-state index in [1.807, 2.05) is 0 Å². The molecule has 0 bridgehead atoms. The molecule has 0 saturated carbocycles. The van der Waals surface area contributed by atoms with E-state index < -0.39 is 0 Å². The summed E-state index contributed by atoms with van der Waals surface area (Å²) < 4.78 is 5.33. The SMILES string of the molecule is Cc1ccc(C(CO)CN2CCOCC2)cc1. The minimum atomic E-state index is 0.209. The number of morpholine rings is 1. The lowest BCUT2D eigenvalue weighted by molar-refractivity contribution is 0.0319. The Hall–Kier alpha value is -0.900. The van der Waals surface area contributed by atoms with Crippen molar-refractivity contribution >= 4 is 0 Å². The number of aliphatic hydroxyl groups is 1. The highest BCUT2D eigenvalue weighted by molar-refractivity contribution is 5.24. The van der Waals surface area contributed by atoms with Crippen molar-refractivity contribution in [3.8, 4) is 0 Å². The first kappa shape index (κ1) is 12.6. The van der Waals surface area contributed by atoms with Gasteiger partial charge in [-0.2, -0.15) is 0 Å². The van der Waals surface area contributed by atoms with Crippen LogP contribution in [0.4, 0.5) is 0 Å². The molecule has 1 aliphatic rings. The molecule has 1 aromatic carbocycles. The van der Waals surface area contributed by atoms with E-state index in [1.165, 1.54) is 11.1 Å². The molecule has 1 N–H and O–H groups in total. The van der Waals surface area contributed by atoms with Crippen molar-refractivity contribution in [3.05, 3.63) is 35.4 Å². The predicted molar refractivity (Wildman–Crippen MR) is 68.3 cm³/mol. The van der Waals surface area contributed by atoms with E-state index in [2.05, 4.69) is 36.1 Å². The molecule has 0 aromatic heterocycles. The second-order valence-corrected chi connectivity index (χ2v) is 4.70. The van der Waals surface area contributed by atoms with E-state index in [9.17, 15) is 5.11 Å². The van der Waals surface area contributed by atoms with Crippen LogP contribution in [0.5, 0.6) is 0 Å². The molecule has 1 aromatic rings. The Kier molecular flexibility index (Phi) is 4.54. The fraction of sp³-hybridized carbons (Fsp3) is 0.571. The molecule has 3 nitrogen and oxygen atoms in total. The van der Waals surface area contributed by atoms with Crippen LogP contribution in [0.2, 0.25) is 0 Å². The summed E-state index contributed by atoms with van der Waals surface area (Å²) in [6.07, 6.45) is 0. The highest BCUT2D eigenvalue weighted by Gasteiger charge is 2.17. The van der Waals surface area contributed by atoms with Gasteiger partial charge in [-0.25, -0.2) is 0 Å². The van der Waals surface area contributed by atoms with Crippen molar-refractivity contribution in [2.24, 2.45) is 0 Å². The largest absolute Gasteiger partial charge is 0.396 e. The zero-order valence-corrected chi connectivity index (χ0v) is 10.4. The van der Waals surface area contributed by atoms with Gasteiger partial charge in [0.15, 0.2) is 0 Å². The fourth-order valence-electron chi connectivity index (χ4n) is 2.20. The normalized spacial score (nSPS) is 19.2. The summed E-state index contributed by atoms with van der Waals surface area (Å²) in [6, 6.07) is 8.46. The van der Waals surface area contributed by atoms with Crippen LogP contribution < -0.4 is 0 Å². The Morgan fingerprint density at radius 3 is 2.47 bits per heavy atom. The minimum absolute atomic E-state index is 0.209. The first-order valence-corrected chi connectivity index (χ1v) is 6.27. The van der Waals surface area contributed by atoms with E-state index in [4.69, 9.17) is 4.74 Å². The maximum atomic E-state index is 9.52. The van der Waals surface area contributed by atoms with Gasteiger partial charge >= 0.3 is 0 Å². The van der Waals surface area contributed by atoms with Crippen molar-refractivity contribution in [2.45, 2.75) is 12.8 Å². The van der Waals surface area contributed by atoms with Gasteiger partial charge < -0.3 is 9.84 Å². The van der Waals surface area contributed by atoms with Crippen molar-refractivity contribution in [2.75, 3.05) is 39.5 Å². The lowest BCUT2D eigenvalue weighted by atomic mass is 9.98. The summed E-state index contributed by atoms with van der Waals surface area (Å²) >= 11 is 0. The number of rotatable bonds is 4. The van der Waals surface area contributed by atoms with Gasteiger partial charge in [-0.3, -0.25) is 4.90 Å². The number of aliphatic hydroxyl groups excluding tert-OH is 1. The summed E-state index contributed by atoms with van der Waals surface area (Å²) in [4.78, 5) is 2.37. The van der Waals surface area contributed by atoms with Gasteiger partial charge in [0.2, 0.25) is 0 Å². The average molecular weight is 235 g/mol. The van der Waals surface area contributed by atoms with Crippen LogP contribution in [0.3, 0.4) is 0 Å². The molecule has 0 radical (unpaired) electrons. The van der Waals surface area contributed by atoms with Gasteiger partial charge in [0.1, 0.15) is 0 Å². The molecule has 94 valence electrons. The summed E-state index contributed by atoms with van der Waals surface area (Å²) in [5.41, 5.74) is 2.49. The molecule has 3 heteroatoms. The van der Waals surface area contributed by atoms with Crippen molar-refractivity contribution in [1.82, 2.24) is 4.90 Å². The topological polar surface area (TPSA) is 32.7 Å². The monoisotopic (exact) mass is 235 g/mol. The van der Waals surface area contributed by atoms with E-state index in [-0.39, 0.29) is 12.5 Å². The van der Waals surface area contributed by atoms with Crippen LogP contribution in [-0.2, 0) is 4.74 Å². The lowest BCUT2D eigenvalue weighted by Crippen LogP contribution is -2.39.